The molecule has 1 aliphatic heterocycles. The minimum atomic E-state index is -0.753. The summed E-state index contributed by atoms with van der Waals surface area (Å²) in [6.45, 7) is 0.804. The van der Waals surface area contributed by atoms with E-state index in [-0.39, 0.29) is 6.04 Å². The zero-order valence-corrected chi connectivity index (χ0v) is 8.93. The number of aromatic nitrogens is 1. The van der Waals surface area contributed by atoms with Gasteiger partial charge in [-0.1, -0.05) is 0 Å². The lowest BCUT2D eigenvalue weighted by Crippen LogP contribution is -2.35. The van der Waals surface area contributed by atoms with Crippen LogP contribution in [0.5, 0.6) is 0 Å². The Balaban J connectivity index is 2.29. The van der Waals surface area contributed by atoms with Crippen LogP contribution in [-0.2, 0) is 13.0 Å². The van der Waals surface area contributed by atoms with Crippen molar-refractivity contribution in [2.45, 2.75) is 19.0 Å². The number of nitrogens with one attached hydrogen (secondary N) is 1. The molecule has 0 saturated carbocycles. The van der Waals surface area contributed by atoms with Crippen LogP contribution in [0, 0.1) is 11.6 Å². The molecular formula is C12H12F2N2. The maximum atomic E-state index is 13.5. The van der Waals surface area contributed by atoms with Gasteiger partial charge in [0.05, 0.1) is 5.52 Å². The van der Waals surface area contributed by atoms with Crippen molar-refractivity contribution < 1.29 is 8.78 Å². The SMILES string of the molecule is CN[C@H]1Cc2cc(F)c(F)c3ccn(c23)C1. The Kier molecular flexibility index (Phi) is 2.01. The van der Waals surface area contributed by atoms with Crippen LogP contribution in [-0.4, -0.2) is 17.7 Å². The van der Waals surface area contributed by atoms with Gasteiger partial charge in [-0.15, -0.1) is 0 Å². The number of hydrogen-bond acceptors (Lipinski definition) is 1. The van der Waals surface area contributed by atoms with Crippen LogP contribution >= 0.6 is 0 Å². The topological polar surface area (TPSA) is 17.0 Å². The fraction of sp³-hybridized carbons (Fsp3) is 0.333. The fourth-order valence-corrected chi connectivity index (χ4v) is 2.49. The van der Waals surface area contributed by atoms with Gasteiger partial charge < -0.3 is 9.88 Å². The van der Waals surface area contributed by atoms with Crippen molar-refractivity contribution in [1.82, 2.24) is 9.88 Å². The average Bonchev–Trinajstić information content (AvgIpc) is 2.70. The normalized spacial score (nSPS) is 19.3. The highest BCUT2D eigenvalue weighted by Crippen LogP contribution is 2.29. The lowest BCUT2D eigenvalue weighted by molar-refractivity contribution is 0.465. The van der Waals surface area contributed by atoms with Crippen molar-refractivity contribution in [2.24, 2.45) is 0 Å². The fourth-order valence-electron chi connectivity index (χ4n) is 2.49. The molecule has 2 aromatic rings. The quantitative estimate of drug-likeness (QED) is 0.781. The molecule has 84 valence electrons. The molecule has 0 unspecified atom stereocenters. The van der Waals surface area contributed by atoms with Crippen LogP contribution in [0.3, 0.4) is 0 Å². The van der Waals surface area contributed by atoms with Gasteiger partial charge in [0.15, 0.2) is 11.6 Å². The number of hydrogen-bond donors (Lipinski definition) is 1. The van der Waals surface area contributed by atoms with Gasteiger partial charge in [-0.3, -0.25) is 0 Å². The highest BCUT2D eigenvalue weighted by molar-refractivity contribution is 5.84. The summed E-state index contributed by atoms with van der Waals surface area (Å²) in [6, 6.07) is 3.25. The number of halogens is 2. The Labute approximate surface area is 91.9 Å². The van der Waals surface area contributed by atoms with Crippen molar-refractivity contribution in [3.05, 3.63) is 35.5 Å². The van der Waals surface area contributed by atoms with E-state index in [2.05, 4.69) is 5.32 Å². The molecule has 2 nitrogen and oxygen atoms in total. The van der Waals surface area contributed by atoms with Crippen LogP contribution in [0.2, 0.25) is 0 Å². The molecule has 1 aromatic carbocycles. The van der Waals surface area contributed by atoms with E-state index in [4.69, 9.17) is 0 Å². The van der Waals surface area contributed by atoms with Gasteiger partial charge in [-0.05, 0) is 31.2 Å². The first-order valence-electron chi connectivity index (χ1n) is 5.33. The molecule has 2 heterocycles. The summed E-state index contributed by atoms with van der Waals surface area (Å²) in [4.78, 5) is 0. The third-order valence-corrected chi connectivity index (χ3v) is 3.31. The third kappa shape index (κ3) is 1.19. The molecule has 0 saturated heterocycles. The third-order valence-electron chi connectivity index (χ3n) is 3.31. The van der Waals surface area contributed by atoms with Gasteiger partial charge in [0.1, 0.15) is 0 Å². The minimum Gasteiger partial charge on any atom is -0.346 e. The first-order chi connectivity index (χ1) is 7.70. The molecule has 16 heavy (non-hydrogen) atoms. The second-order valence-corrected chi connectivity index (χ2v) is 4.25. The standard InChI is InChI=1S/C12H12F2N2/c1-15-8-4-7-5-10(13)11(14)9-2-3-16(6-8)12(7)9/h2-3,5,8,15H,4,6H2,1H3/t8-/m0/s1. The van der Waals surface area contributed by atoms with Crippen molar-refractivity contribution in [3.63, 3.8) is 0 Å². The minimum absolute atomic E-state index is 0.285. The molecule has 3 rings (SSSR count). The highest BCUT2D eigenvalue weighted by atomic mass is 19.2. The number of benzene rings is 1. The largest absolute Gasteiger partial charge is 0.346 e. The molecule has 1 atom stereocenters. The van der Waals surface area contributed by atoms with Crippen molar-refractivity contribution in [1.29, 1.82) is 0 Å². The van der Waals surface area contributed by atoms with Crippen LogP contribution in [0.25, 0.3) is 10.9 Å². The van der Waals surface area contributed by atoms with E-state index in [1.54, 1.807) is 6.07 Å². The van der Waals surface area contributed by atoms with Crippen LogP contribution in [0.4, 0.5) is 8.78 Å². The Morgan fingerprint density at radius 1 is 1.44 bits per heavy atom. The molecule has 0 bridgehead atoms. The van der Waals surface area contributed by atoms with Gasteiger partial charge in [0.2, 0.25) is 0 Å². The van der Waals surface area contributed by atoms with Gasteiger partial charge in [-0.25, -0.2) is 8.78 Å². The summed E-state index contributed by atoms with van der Waals surface area (Å²) in [7, 11) is 1.89. The van der Waals surface area contributed by atoms with Gasteiger partial charge in [0.25, 0.3) is 0 Å². The zero-order valence-electron chi connectivity index (χ0n) is 8.93. The lowest BCUT2D eigenvalue weighted by atomic mass is 9.99. The van der Waals surface area contributed by atoms with E-state index < -0.39 is 11.6 Å². The number of rotatable bonds is 1. The van der Waals surface area contributed by atoms with Crippen molar-refractivity contribution in [2.75, 3.05) is 7.05 Å². The highest BCUT2D eigenvalue weighted by Gasteiger charge is 2.22. The monoisotopic (exact) mass is 222 g/mol. The molecule has 4 heteroatoms. The van der Waals surface area contributed by atoms with Gasteiger partial charge in [-0.2, -0.15) is 0 Å². The Morgan fingerprint density at radius 3 is 3.00 bits per heavy atom. The number of nitrogens with zero attached hydrogens (tertiary/aromatic N) is 1. The van der Waals surface area contributed by atoms with Crippen LogP contribution < -0.4 is 5.32 Å². The first-order valence-corrected chi connectivity index (χ1v) is 5.33. The van der Waals surface area contributed by atoms with E-state index in [9.17, 15) is 8.78 Å². The smallest absolute Gasteiger partial charge is 0.168 e. The molecule has 0 spiro atoms. The van der Waals surface area contributed by atoms with Crippen LogP contribution in [0.15, 0.2) is 18.3 Å². The predicted octanol–water partition coefficient (Wildman–Crippen LogP) is 2.06. The Hall–Kier alpha value is -1.42. The van der Waals surface area contributed by atoms with E-state index in [1.165, 1.54) is 6.07 Å². The zero-order chi connectivity index (χ0) is 11.3. The molecule has 0 aliphatic carbocycles. The lowest BCUT2D eigenvalue weighted by Gasteiger charge is -2.24. The van der Waals surface area contributed by atoms with E-state index in [0.29, 0.717) is 5.39 Å². The van der Waals surface area contributed by atoms with Crippen LogP contribution in [0.1, 0.15) is 5.56 Å². The van der Waals surface area contributed by atoms with E-state index >= 15 is 0 Å². The molecule has 0 amide bonds. The summed E-state index contributed by atoms with van der Waals surface area (Å²) >= 11 is 0. The Morgan fingerprint density at radius 2 is 2.25 bits per heavy atom. The van der Waals surface area contributed by atoms with Crippen molar-refractivity contribution >= 4 is 10.9 Å². The van der Waals surface area contributed by atoms with E-state index in [0.717, 1.165) is 24.0 Å². The molecule has 1 aliphatic rings. The maximum Gasteiger partial charge on any atom is 0.168 e. The van der Waals surface area contributed by atoms with E-state index in [1.807, 2.05) is 17.8 Å². The summed E-state index contributed by atoms with van der Waals surface area (Å²) < 4.78 is 28.9. The second kappa shape index (κ2) is 3.28. The molecule has 1 N–H and O–H groups in total. The van der Waals surface area contributed by atoms with Gasteiger partial charge in [0, 0.05) is 24.2 Å². The van der Waals surface area contributed by atoms with Crippen molar-refractivity contribution in [3.8, 4) is 0 Å². The number of likely N-dealkylation sites (N-methyl/N-ethyl adjacent to an activating group) is 1. The summed E-state index contributed by atoms with van der Waals surface area (Å²) in [5, 5.41) is 3.57. The molecular weight excluding hydrogens is 210 g/mol. The predicted molar refractivity (Wildman–Crippen MR) is 58.4 cm³/mol. The average molecular weight is 222 g/mol. The summed E-state index contributed by atoms with van der Waals surface area (Å²) in [6.07, 6.45) is 2.56. The molecule has 0 fully saturated rings. The summed E-state index contributed by atoms with van der Waals surface area (Å²) in [5.41, 5.74) is 1.72. The first kappa shape index (κ1) is 9.78. The maximum absolute atomic E-state index is 13.5. The summed E-state index contributed by atoms with van der Waals surface area (Å²) in [5.74, 6) is -1.49. The second-order valence-electron chi connectivity index (χ2n) is 4.25. The molecule has 0 radical (unpaired) electrons. The molecule has 1 aromatic heterocycles. The van der Waals surface area contributed by atoms with Gasteiger partial charge >= 0.3 is 0 Å². The Bertz CT molecular complexity index is 560.